The molecule has 6 heteroatoms. The Hall–Kier alpha value is -3.54. The molecule has 2 heterocycles. The van der Waals surface area contributed by atoms with Gasteiger partial charge in [-0.3, -0.25) is 19.0 Å². The minimum atomic E-state index is -1.33. The summed E-state index contributed by atoms with van der Waals surface area (Å²) in [6.45, 7) is 0.842. The fourth-order valence-corrected chi connectivity index (χ4v) is 3.64. The van der Waals surface area contributed by atoms with Crippen LogP contribution in [-0.4, -0.2) is 27.7 Å². The number of benzene rings is 2. The van der Waals surface area contributed by atoms with Crippen molar-refractivity contribution in [2.75, 3.05) is 6.54 Å². The van der Waals surface area contributed by atoms with Gasteiger partial charge in [0.15, 0.2) is 11.8 Å². The Morgan fingerprint density at radius 3 is 2.31 bits per heavy atom. The van der Waals surface area contributed by atoms with E-state index in [2.05, 4.69) is 0 Å². The van der Waals surface area contributed by atoms with Crippen molar-refractivity contribution in [3.63, 3.8) is 0 Å². The number of hydrogen-bond donors (Lipinski definition) is 0. The predicted molar refractivity (Wildman–Crippen MR) is 106 cm³/mol. The highest BCUT2D eigenvalue weighted by Crippen LogP contribution is 2.23. The summed E-state index contributed by atoms with van der Waals surface area (Å²) < 4.78 is 14.4. The second kappa shape index (κ2) is 7.83. The maximum atomic E-state index is 13.4. The van der Waals surface area contributed by atoms with Crippen LogP contribution < -0.4 is 5.56 Å². The normalized spacial score (nSPS) is 14.2. The highest BCUT2D eigenvalue weighted by atomic mass is 19.1. The van der Waals surface area contributed by atoms with Crippen LogP contribution in [0, 0.1) is 5.82 Å². The standard InChI is InChI=1S/C23H19FN2O3/c24-19-10-8-17(9-11-19)22(28)21(26-13-4-3-7-20(26)27)23(29)25-14-12-16-5-1-2-6-18(16)15-25/h1-11,13,21H,12,14-15H2/t21-/m1/s1. The summed E-state index contributed by atoms with van der Waals surface area (Å²) in [6.07, 6.45) is 2.12. The van der Waals surface area contributed by atoms with E-state index >= 15 is 0 Å². The first-order valence-electron chi connectivity index (χ1n) is 9.37. The monoisotopic (exact) mass is 390 g/mol. The minimum absolute atomic E-state index is 0.179. The molecule has 1 aliphatic heterocycles. The van der Waals surface area contributed by atoms with E-state index in [0.717, 1.165) is 10.1 Å². The molecule has 1 atom stereocenters. The second-order valence-electron chi connectivity index (χ2n) is 7.00. The number of hydrogen-bond acceptors (Lipinski definition) is 3. The SMILES string of the molecule is O=C(c1ccc(F)cc1)[C@H](C(=O)N1CCc2ccccc2C1)n1ccccc1=O. The number of amides is 1. The molecule has 3 aromatic rings. The van der Waals surface area contributed by atoms with Crippen molar-refractivity contribution in [2.24, 2.45) is 0 Å². The van der Waals surface area contributed by atoms with E-state index in [1.165, 1.54) is 42.1 Å². The van der Waals surface area contributed by atoms with Crippen LogP contribution in [0.4, 0.5) is 4.39 Å². The van der Waals surface area contributed by atoms with Gasteiger partial charge in [-0.05, 0) is 47.9 Å². The third-order valence-electron chi connectivity index (χ3n) is 5.18. The van der Waals surface area contributed by atoms with Crippen LogP contribution in [0.15, 0.2) is 77.7 Å². The molecule has 0 saturated heterocycles. The zero-order valence-corrected chi connectivity index (χ0v) is 15.6. The third kappa shape index (κ3) is 3.74. The smallest absolute Gasteiger partial charge is 0.254 e. The Morgan fingerprint density at radius 2 is 1.59 bits per heavy atom. The molecule has 1 aliphatic rings. The summed E-state index contributed by atoms with van der Waals surface area (Å²) in [5.74, 6) is -1.46. The Morgan fingerprint density at radius 1 is 0.897 bits per heavy atom. The maximum Gasteiger partial charge on any atom is 0.254 e. The number of pyridine rings is 1. The number of aromatic nitrogens is 1. The van der Waals surface area contributed by atoms with Gasteiger partial charge in [-0.1, -0.05) is 30.3 Å². The van der Waals surface area contributed by atoms with Crippen LogP contribution >= 0.6 is 0 Å². The quantitative estimate of drug-likeness (QED) is 0.508. The van der Waals surface area contributed by atoms with Gasteiger partial charge in [0.2, 0.25) is 0 Å². The van der Waals surface area contributed by atoms with Gasteiger partial charge < -0.3 is 4.90 Å². The number of fused-ring (bicyclic) bond motifs is 1. The highest BCUT2D eigenvalue weighted by molar-refractivity contribution is 6.11. The molecule has 0 N–H and O–H groups in total. The van der Waals surface area contributed by atoms with Crippen molar-refractivity contribution in [3.05, 3.63) is 106 Å². The van der Waals surface area contributed by atoms with Gasteiger partial charge in [0.05, 0.1) is 0 Å². The molecule has 1 aromatic heterocycles. The number of rotatable bonds is 4. The largest absolute Gasteiger partial charge is 0.336 e. The Labute approximate surface area is 167 Å². The lowest BCUT2D eigenvalue weighted by Gasteiger charge is -2.32. The van der Waals surface area contributed by atoms with E-state index in [4.69, 9.17) is 0 Å². The van der Waals surface area contributed by atoms with Crippen LogP contribution in [0.1, 0.15) is 27.5 Å². The lowest BCUT2D eigenvalue weighted by molar-refractivity contribution is -0.134. The molecule has 0 aliphatic carbocycles. The summed E-state index contributed by atoms with van der Waals surface area (Å²) in [7, 11) is 0. The van der Waals surface area contributed by atoms with Gasteiger partial charge in [0.1, 0.15) is 5.82 Å². The lowest BCUT2D eigenvalue weighted by atomic mass is 9.97. The van der Waals surface area contributed by atoms with E-state index < -0.39 is 29.1 Å². The number of nitrogens with zero attached hydrogens (tertiary/aromatic N) is 2. The molecule has 0 fully saturated rings. The summed E-state index contributed by atoms with van der Waals surface area (Å²) >= 11 is 0. The fraction of sp³-hybridized carbons (Fsp3) is 0.174. The van der Waals surface area contributed by atoms with Crippen molar-refractivity contribution in [1.82, 2.24) is 9.47 Å². The molecule has 0 saturated carbocycles. The molecule has 2 aromatic carbocycles. The molecule has 1 amide bonds. The van der Waals surface area contributed by atoms with E-state index in [1.54, 1.807) is 17.0 Å². The van der Waals surface area contributed by atoms with Crippen LogP contribution in [0.3, 0.4) is 0 Å². The van der Waals surface area contributed by atoms with Crippen molar-refractivity contribution in [1.29, 1.82) is 0 Å². The molecule has 0 radical (unpaired) electrons. The predicted octanol–water partition coefficient (Wildman–Crippen LogP) is 3.00. The molecule has 0 bridgehead atoms. The van der Waals surface area contributed by atoms with E-state index in [9.17, 15) is 18.8 Å². The Bertz CT molecular complexity index is 1120. The first-order valence-corrected chi connectivity index (χ1v) is 9.37. The first-order chi connectivity index (χ1) is 14.0. The first kappa shape index (κ1) is 18.8. The van der Waals surface area contributed by atoms with Crippen LogP contribution in [0.2, 0.25) is 0 Å². The van der Waals surface area contributed by atoms with Crippen molar-refractivity contribution in [3.8, 4) is 0 Å². The van der Waals surface area contributed by atoms with Gasteiger partial charge in [-0.15, -0.1) is 0 Å². The average molecular weight is 390 g/mol. The van der Waals surface area contributed by atoms with Gasteiger partial charge in [-0.25, -0.2) is 4.39 Å². The average Bonchev–Trinajstić information content (AvgIpc) is 2.75. The number of ketones is 1. The Kier molecular flexibility index (Phi) is 5.08. The number of Topliss-reactive ketones (excluding diaryl/α,β-unsaturated/α-hetero) is 1. The van der Waals surface area contributed by atoms with Crippen molar-refractivity contribution < 1.29 is 14.0 Å². The van der Waals surface area contributed by atoms with Crippen LogP contribution in [0.5, 0.6) is 0 Å². The fourth-order valence-electron chi connectivity index (χ4n) is 3.64. The zero-order valence-electron chi connectivity index (χ0n) is 15.6. The van der Waals surface area contributed by atoms with Gasteiger partial charge >= 0.3 is 0 Å². The minimum Gasteiger partial charge on any atom is -0.336 e. The third-order valence-corrected chi connectivity index (χ3v) is 5.18. The zero-order chi connectivity index (χ0) is 20.4. The number of halogens is 1. The molecular weight excluding hydrogens is 371 g/mol. The summed E-state index contributed by atoms with van der Waals surface area (Å²) in [5.41, 5.74) is 1.94. The van der Waals surface area contributed by atoms with Gasteiger partial charge in [0.25, 0.3) is 11.5 Å². The van der Waals surface area contributed by atoms with Gasteiger partial charge in [0, 0.05) is 30.9 Å². The summed E-state index contributed by atoms with van der Waals surface area (Å²) in [4.78, 5) is 40.6. The maximum absolute atomic E-state index is 13.4. The van der Waals surface area contributed by atoms with Gasteiger partial charge in [-0.2, -0.15) is 0 Å². The lowest BCUT2D eigenvalue weighted by Crippen LogP contribution is -2.45. The van der Waals surface area contributed by atoms with Crippen LogP contribution in [-0.2, 0) is 17.8 Å². The second-order valence-corrected chi connectivity index (χ2v) is 7.00. The number of carbonyl (C=O) groups is 2. The number of carbonyl (C=O) groups excluding carboxylic acids is 2. The van der Waals surface area contributed by atoms with Crippen LogP contribution in [0.25, 0.3) is 0 Å². The summed E-state index contributed by atoms with van der Waals surface area (Å²) in [5, 5.41) is 0. The molecule has 0 unspecified atom stereocenters. The molecule has 29 heavy (non-hydrogen) atoms. The Balaban J connectivity index is 1.72. The molecule has 0 spiro atoms. The topological polar surface area (TPSA) is 59.4 Å². The van der Waals surface area contributed by atoms with Crippen molar-refractivity contribution in [2.45, 2.75) is 19.0 Å². The summed E-state index contributed by atoms with van der Waals surface area (Å²) in [6, 6.07) is 16.0. The molecule has 5 nitrogen and oxygen atoms in total. The van der Waals surface area contributed by atoms with E-state index in [-0.39, 0.29) is 5.56 Å². The molecule has 146 valence electrons. The molecular formula is C23H19FN2O3. The highest BCUT2D eigenvalue weighted by Gasteiger charge is 2.34. The van der Waals surface area contributed by atoms with Crippen molar-refractivity contribution >= 4 is 11.7 Å². The van der Waals surface area contributed by atoms with E-state index in [1.807, 2.05) is 24.3 Å². The molecule has 4 rings (SSSR count). The van der Waals surface area contributed by atoms with E-state index in [0.29, 0.717) is 19.5 Å².